The zero-order chi connectivity index (χ0) is 13.5. The summed E-state index contributed by atoms with van der Waals surface area (Å²) in [6.07, 6.45) is 1.42. The number of carbonyl (C=O) groups excluding carboxylic acids is 1. The number of rotatable bonds is 6. The Bertz CT molecular complexity index is 393. The molecule has 0 saturated carbocycles. The molecule has 1 N–H and O–H groups in total. The minimum absolute atomic E-state index is 0.169. The fraction of sp³-hybridized carbons (Fsp3) is 0.500. The van der Waals surface area contributed by atoms with Crippen molar-refractivity contribution < 1.29 is 4.79 Å². The summed E-state index contributed by atoms with van der Waals surface area (Å²) < 4.78 is 0. The van der Waals surface area contributed by atoms with Gasteiger partial charge in [-0.3, -0.25) is 4.79 Å². The molecule has 1 rings (SSSR count). The van der Waals surface area contributed by atoms with Gasteiger partial charge in [0.1, 0.15) is 0 Å². The number of hydrogen-bond donors (Lipinski definition) is 1. The molecule has 0 aliphatic rings. The second-order valence-corrected chi connectivity index (χ2v) is 5.00. The number of benzene rings is 1. The highest BCUT2D eigenvalue weighted by Crippen LogP contribution is 2.21. The first-order valence-corrected chi connectivity index (χ1v) is 6.58. The van der Waals surface area contributed by atoms with Crippen molar-refractivity contribution in [1.82, 2.24) is 10.2 Å². The van der Waals surface area contributed by atoms with Gasteiger partial charge in [0, 0.05) is 31.6 Å². The smallest absolute Gasteiger partial charge is 0.222 e. The number of nitrogens with zero attached hydrogens (tertiary/aromatic N) is 1. The second-order valence-electron chi connectivity index (χ2n) is 4.59. The summed E-state index contributed by atoms with van der Waals surface area (Å²) in [5.41, 5.74) is 1.10. The molecule has 0 fully saturated rings. The van der Waals surface area contributed by atoms with Crippen LogP contribution in [0.25, 0.3) is 0 Å². The number of carbonyl (C=O) groups is 1. The largest absolute Gasteiger partial charge is 0.349 e. The van der Waals surface area contributed by atoms with Crippen LogP contribution in [-0.4, -0.2) is 31.4 Å². The van der Waals surface area contributed by atoms with Gasteiger partial charge in [-0.1, -0.05) is 29.8 Å². The lowest BCUT2D eigenvalue weighted by molar-refractivity contribution is -0.128. The van der Waals surface area contributed by atoms with Crippen LogP contribution >= 0.6 is 11.6 Å². The molecule has 3 nitrogen and oxygen atoms in total. The number of nitrogens with one attached hydrogen (secondary N) is 1. The summed E-state index contributed by atoms with van der Waals surface area (Å²) in [6, 6.07) is 8.02. The van der Waals surface area contributed by atoms with Crippen molar-refractivity contribution in [3.05, 3.63) is 34.9 Å². The number of amides is 1. The zero-order valence-corrected chi connectivity index (χ0v) is 12.0. The van der Waals surface area contributed by atoms with E-state index in [1.807, 2.05) is 24.3 Å². The first-order valence-electron chi connectivity index (χ1n) is 6.20. The van der Waals surface area contributed by atoms with E-state index in [1.165, 1.54) is 0 Å². The van der Waals surface area contributed by atoms with Gasteiger partial charge in [0.25, 0.3) is 0 Å². The molecule has 100 valence electrons. The number of hydrogen-bond acceptors (Lipinski definition) is 2. The maximum Gasteiger partial charge on any atom is 0.222 e. The number of halogens is 1. The van der Waals surface area contributed by atoms with Crippen molar-refractivity contribution in [3.8, 4) is 0 Å². The van der Waals surface area contributed by atoms with Crippen molar-refractivity contribution in [3.63, 3.8) is 0 Å². The summed E-state index contributed by atoms with van der Waals surface area (Å²) in [6.45, 7) is 2.89. The van der Waals surface area contributed by atoms with Crippen LogP contribution < -0.4 is 5.32 Å². The Labute approximate surface area is 114 Å². The first-order chi connectivity index (χ1) is 8.52. The highest BCUT2D eigenvalue weighted by Gasteiger charge is 2.08. The third-order valence-corrected chi connectivity index (χ3v) is 3.23. The van der Waals surface area contributed by atoms with E-state index >= 15 is 0 Å². The average Bonchev–Trinajstić information content (AvgIpc) is 2.34. The van der Waals surface area contributed by atoms with Gasteiger partial charge >= 0.3 is 0 Å². The Hall–Kier alpha value is -1.06. The highest BCUT2D eigenvalue weighted by molar-refractivity contribution is 6.31. The van der Waals surface area contributed by atoms with E-state index in [2.05, 4.69) is 12.2 Å². The minimum atomic E-state index is 0.169. The molecule has 1 unspecified atom stereocenters. The van der Waals surface area contributed by atoms with E-state index in [-0.39, 0.29) is 11.9 Å². The highest BCUT2D eigenvalue weighted by atomic mass is 35.5. The van der Waals surface area contributed by atoms with E-state index < -0.39 is 0 Å². The summed E-state index contributed by atoms with van der Waals surface area (Å²) in [5, 5.41) is 4.16. The topological polar surface area (TPSA) is 32.3 Å². The SMILES string of the molecule is CC(NCCCC(=O)N(C)C)c1ccccc1Cl. The van der Waals surface area contributed by atoms with Gasteiger partial charge in [0.05, 0.1) is 0 Å². The normalized spacial score (nSPS) is 12.2. The Morgan fingerprint density at radius 3 is 2.67 bits per heavy atom. The third kappa shape index (κ3) is 4.67. The van der Waals surface area contributed by atoms with Gasteiger partial charge < -0.3 is 10.2 Å². The van der Waals surface area contributed by atoms with Crippen molar-refractivity contribution in [2.24, 2.45) is 0 Å². The van der Waals surface area contributed by atoms with E-state index in [4.69, 9.17) is 11.6 Å². The summed E-state index contributed by atoms with van der Waals surface area (Å²) in [5.74, 6) is 0.169. The Morgan fingerprint density at radius 2 is 2.06 bits per heavy atom. The summed E-state index contributed by atoms with van der Waals surface area (Å²) in [4.78, 5) is 13.0. The molecule has 1 atom stereocenters. The van der Waals surface area contributed by atoms with Crippen LogP contribution in [0.5, 0.6) is 0 Å². The van der Waals surface area contributed by atoms with Gasteiger partial charge in [0.2, 0.25) is 5.91 Å². The maximum atomic E-state index is 11.4. The quantitative estimate of drug-likeness (QED) is 0.805. The van der Waals surface area contributed by atoms with Gasteiger partial charge in [-0.05, 0) is 31.5 Å². The minimum Gasteiger partial charge on any atom is -0.349 e. The van der Waals surface area contributed by atoms with Crippen LogP contribution in [0.3, 0.4) is 0 Å². The van der Waals surface area contributed by atoms with Crippen LogP contribution in [0.1, 0.15) is 31.4 Å². The average molecular weight is 269 g/mol. The molecule has 18 heavy (non-hydrogen) atoms. The summed E-state index contributed by atoms with van der Waals surface area (Å²) >= 11 is 6.12. The first kappa shape index (κ1) is 15.0. The molecule has 0 aliphatic heterocycles. The van der Waals surface area contributed by atoms with Crippen molar-refractivity contribution in [2.75, 3.05) is 20.6 Å². The Balaban J connectivity index is 2.32. The van der Waals surface area contributed by atoms with E-state index in [0.29, 0.717) is 6.42 Å². The predicted octanol–water partition coefficient (Wildman–Crippen LogP) is 2.86. The summed E-state index contributed by atoms with van der Waals surface area (Å²) in [7, 11) is 3.56. The van der Waals surface area contributed by atoms with E-state index in [0.717, 1.165) is 23.6 Å². The van der Waals surface area contributed by atoms with Crippen LogP contribution in [0.15, 0.2) is 24.3 Å². The van der Waals surface area contributed by atoms with Crippen LogP contribution in [0, 0.1) is 0 Å². The van der Waals surface area contributed by atoms with Gasteiger partial charge in [-0.2, -0.15) is 0 Å². The molecule has 0 aliphatic carbocycles. The molecule has 0 heterocycles. The van der Waals surface area contributed by atoms with Crippen molar-refractivity contribution in [1.29, 1.82) is 0 Å². The molecular formula is C14H21ClN2O. The maximum absolute atomic E-state index is 11.4. The fourth-order valence-corrected chi connectivity index (χ4v) is 2.02. The molecule has 1 amide bonds. The monoisotopic (exact) mass is 268 g/mol. The van der Waals surface area contributed by atoms with Gasteiger partial charge in [-0.15, -0.1) is 0 Å². The van der Waals surface area contributed by atoms with E-state index in [1.54, 1.807) is 19.0 Å². The van der Waals surface area contributed by atoms with Gasteiger partial charge in [-0.25, -0.2) is 0 Å². The van der Waals surface area contributed by atoms with Crippen LogP contribution in [0.4, 0.5) is 0 Å². The Kier molecular flexibility index (Phi) is 6.16. The van der Waals surface area contributed by atoms with Gasteiger partial charge in [0.15, 0.2) is 0 Å². The third-order valence-electron chi connectivity index (χ3n) is 2.89. The van der Waals surface area contributed by atoms with Crippen molar-refractivity contribution in [2.45, 2.75) is 25.8 Å². The lowest BCUT2D eigenvalue weighted by atomic mass is 10.1. The molecule has 1 aromatic rings. The zero-order valence-electron chi connectivity index (χ0n) is 11.2. The Morgan fingerprint density at radius 1 is 1.39 bits per heavy atom. The van der Waals surface area contributed by atoms with E-state index in [9.17, 15) is 4.79 Å². The predicted molar refractivity (Wildman–Crippen MR) is 75.8 cm³/mol. The molecule has 4 heteroatoms. The molecular weight excluding hydrogens is 248 g/mol. The van der Waals surface area contributed by atoms with Crippen LogP contribution in [0.2, 0.25) is 5.02 Å². The molecule has 0 saturated heterocycles. The lowest BCUT2D eigenvalue weighted by Crippen LogP contribution is -2.24. The molecule has 0 spiro atoms. The molecule has 1 aromatic carbocycles. The lowest BCUT2D eigenvalue weighted by Gasteiger charge is -2.16. The fourth-order valence-electron chi connectivity index (χ4n) is 1.72. The molecule has 0 bridgehead atoms. The second kappa shape index (κ2) is 7.39. The molecule has 0 radical (unpaired) electrons. The van der Waals surface area contributed by atoms with Crippen molar-refractivity contribution >= 4 is 17.5 Å². The van der Waals surface area contributed by atoms with Crippen LogP contribution in [-0.2, 0) is 4.79 Å². The standard InChI is InChI=1S/C14H21ClN2O/c1-11(12-7-4-5-8-13(12)15)16-10-6-9-14(18)17(2)3/h4-5,7-8,11,16H,6,9-10H2,1-3H3. The molecule has 0 aromatic heterocycles.